The number of halogens is 1. The van der Waals surface area contributed by atoms with Crippen LogP contribution in [-0.2, 0) is 0 Å². The van der Waals surface area contributed by atoms with Crippen LogP contribution in [-0.4, -0.2) is 7.11 Å². The van der Waals surface area contributed by atoms with Crippen molar-refractivity contribution in [3.63, 3.8) is 0 Å². The molecule has 0 amide bonds. The zero-order valence-electron chi connectivity index (χ0n) is 13.2. The second kappa shape index (κ2) is 7.00. The van der Waals surface area contributed by atoms with Crippen molar-refractivity contribution in [3.05, 3.63) is 64.7 Å². The Bertz CT molecular complexity index is 589. The van der Waals surface area contributed by atoms with Gasteiger partial charge in [0.2, 0.25) is 0 Å². The number of rotatable bonds is 5. The predicted octanol–water partition coefficient (Wildman–Crippen LogP) is 5.85. The Morgan fingerprint density at radius 1 is 1.05 bits per heavy atom. The minimum absolute atomic E-state index is 0.189. The lowest BCUT2D eigenvalue weighted by Crippen LogP contribution is -1.99. The van der Waals surface area contributed by atoms with Gasteiger partial charge in [0.25, 0.3) is 0 Å². The normalized spacial score (nSPS) is 13.8. The molecule has 2 aromatic rings. The van der Waals surface area contributed by atoms with Crippen molar-refractivity contribution in [2.24, 2.45) is 0 Å². The third-order valence-electron chi connectivity index (χ3n) is 4.07. The van der Waals surface area contributed by atoms with E-state index in [9.17, 15) is 0 Å². The van der Waals surface area contributed by atoms with E-state index in [2.05, 4.69) is 51.1 Å². The lowest BCUT2D eigenvalue weighted by atomic mass is 9.95. The summed E-state index contributed by atoms with van der Waals surface area (Å²) < 4.78 is 5.44. The molecule has 2 aromatic carbocycles. The second-order valence-corrected chi connectivity index (χ2v) is 6.02. The summed E-state index contributed by atoms with van der Waals surface area (Å²) in [5.41, 5.74) is 4.68. The van der Waals surface area contributed by atoms with E-state index in [1.54, 1.807) is 7.11 Å². The van der Waals surface area contributed by atoms with Crippen LogP contribution in [0.3, 0.4) is 0 Å². The molecule has 0 aliphatic rings. The summed E-state index contributed by atoms with van der Waals surface area (Å²) in [6.45, 7) is 6.52. The molecule has 21 heavy (non-hydrogen) atoms. The largest absolute Gasteiger partial charge is 0.496 e. The molecule has 0 spiro atoms. The van der Waals surface area contributed by atoms with Crippen LogP contribution in [0.25, 0.3) is 0 Å². The fraction of sp³-hybridized carbons (Fsp3) is 0.368. The molecule has 2 atom stereocenters. The summed E-state index contributed by atoms with van der Waals surface area (Å²) in [4.78, 5) is 0. The third-order valence-corrected chi connectivity index (χ3v) is 4.56. The summed E-state index contributed by atoms with van der Waals surface area (Å²) >= 11 is 6.67. The van der Waals surface area contributed by atoms with Gasteiger partial charge in [-0.25, -0.2) is 0 Å². The van der Waals surface area contributed by atoms with Gasteiger partial charge in [0.15, 0.2) is 0 Å². The van der Waals surface area contributed by atoms with Crippen molar-refractivity contribution in [2.45, 2.75) is 38.5 Å². The minimum atomic E-state index is -0.189. The Hall–Kier alpha value is -1.47. The van der Waals surface area contributed by atoms with Gasteiger partial charge in [-0.2, -0.15) is 0 Å². The predicted molar refractivity (Wildman–Crippen MR) is 90.6 cm³/mol. The summed E-state index contributed by atoms with van der Waals surface area (Å²) in [6.07, 6.45) is 1.15. The Balaban J connectivity index is 2.31. The van der Waals surface area contributed by atoms with Crippen molar-refractivity contribution in [2.75, 3.05) is 7.11 Å². The smallest absolute Gasteiger partial charge is 0.123 e. The van der Waals surface area contributed by atoms with Gasteiger partial charge in [0.05, 0.1) is 12.5 Å². The van der Waals surface area contributed by atoms with Gasteiger partial charge in [0.1, 0.15) is 5.75 Å². The maximum Gasteiger partial charge on any atom is 0.123 e. The maximum absolute atomic E-state index is 6.67. The van der Waals surface area contributed by atoms with Crippen LogP contribution in [0.5, 0.6) is 5.75 Å². The SMILES string of the molecule is CCC(C)c1ccc(C(Cl)c2cc(C)ccc2OC)cc1. The van der Waals surface area contributed by atoms with Crippen LogP contribution in [0.2, 0.25) is 0 Å². The highest BCUT2D eigenvalue weighted by Gasteiger charge is 2.16. The maximum atomic E-state index is 6.67. The third kappa shape index (κ3) is 3.59. The van der Waals surface area contributed by atoms with Crippen LogP contribution >= 0.6 is 11.6 Å². The Morgan fingerprint density at radius 3 is 2.24 bits per heavy atom. The quantitative estimate of drug-likeness (QED) is 0.630. The van der Waals surface area contributed by atoms with Crippen molar-refractivity contribution >= 4 is 11.6 Å². The first-order valence-corrected chi connectivity index (χ1v) is 7.89. The molecule has 0 saturated heterocycles. The van der Waals surface area contributed by atoms with Crippen LogP contribution in [0.1, 0.15) is 53.8 Å². The van der Waals surface area contributed by atoms with Crippen molar-refractivity contribution in [1.82, 2.24) is 0 Å². The van der Waals surface area contributed by atoms with Crippen LogP contribution in [0.4, 0.5) is 0 Å². The number of benzene rings is 2. The van der Waals surface area contributed by atoms with Gasteiger partial charge in [-0.05, 0) is 36.5 Å². The summed E-state index contributed by atoms with van der Waals surface area (Å²) in [5, 5.41) is -0.189. The second-order valence-electron chi connectivity index (χ2n) is 5.58. The van der Waals surface area contributed by atoms with Gasteiger partial charge < -0.3 is 4.74 Å². The Labute approximate surface area is 132 Å². The molecule has 2 heteroatoms. The minimum Gasteiger partial charge on any atom is -0.496 e. The molecule has 0 saturated carbocycles. The molecule has 1 nitrogen and oxygen atoms in total. The summed E-state index contributed by atoms with van der Waals surface area (Å²) in [6, 6.07) is 14.7. The molecule has 0 N–H and O–H groups in total. The number of hydrogen-bond acceptors (Lipinski definition) is 1. The van der Waals surface area contributed by atoms with Gasteiger partial charge in [-0.15, -0.1) is 11.6 Å². The lowest BCUT2D eigenvalue weighted by Gasteiger charge is -2.16. The van der Waals surface area contributed by atoms with E-state index in [0.717, 1.165) is 23.3 Å². The first-order valence-electron chi connectivity index (χ1n) is 7.45. The summed E-state index contributed by atoms with van der Waals surface area (Å²) in [7, 11) is 1.68. The van der Waals surface area contributed by atoms with E-state index in [-0.39, 0.29) is 5.38 Å². The van der Waals surface area contributed by atoms with Gasteiger partial charge >= 0.3 is 0 Å². The van der Waals surface area contributed by atoms with Crippen LogP contribution in [0, 0.1) is 6.92 Å². The molecule has 0 bridgehead atoms. The van der Waals surface area contributed by atoms with Crippen molar-refractivity contribution in [3.8, 4) is 5.75 Å². The highest BCUT2D eigenvalue weighted by Crippen LogP contribution is 2.36. The highest BCUT2D eigenvalue weighted by molar-refractivity contribution is 6.22. The average Bonchev–Trinajstić information content (AvgIpc) is 2.53. The summed E-state index contributed by atoms with van der Waals surface area (Å²) in [5.74, 6) is 1.42. The molecule has 0 fully saturated rings. The molecule has 0 aromatic heterocycles. The van der Waals surface area contributed by atoms with E-state index < -0.39 is 0 Å². The molecule has 112 valence electrons. The van der Waals surface area contributed by atoms with Gasteiger partial charge in [0, 0.05) is 5.56 Å². The van der Waals surface area contributed by atoms with Crippen LogP contribution < -0.4 is 4.74 Å². The van der Waals surface area contributed by atoms with Crippen LogP contribution in [0.15, 0.2) is 42.5 Å². The van der Waals surface area contributed by atoms with Gasteiger partial charge in [-0.3, -0.25) is 0 Å². The van der Waals surface area contributed by atoms with E-state index in [0.29, 0.717) is 5.92 Å². The Morgan fingerprint density at radius 2 is 1.67 bits per heavy atom. The fourth-order valence-corrected chi connectivity index (χ4v) is 2.78. The van der Waals surface area contributed by atoms with Crippen molar-refractivity contribution < 1.29 is 4.74 Å². The highest BCUT2D eigenvalue weighted by atomic mass is 35.5. The molecule has 0 heterocycles. The van der Waals surface area contributed by atoms with E-state index >= 15 is 0 Å². The number of methoxy groups -OCH3 is 1. The zero-order chi connectivity index (χ0) is 15.4. The number of ether oxygens (including phenoxy) is 1. The monoisotopic (exact) mass is 302 g/mol. The molecular weight excluding hydrogens is 280 g/mol. The first-order chi connectivity index (χ1) is 10.1. The first kappa shape index (κ1) is 15.9. The van der Waals surface area contributed by atoms with Crippen molar-refractivity contribution in [1.29, 1.82) is 0 Å². The number of alkyl halides is 1. The van der Waals surface area contributed by atoms with E-state index in [1.165, 1.54) is 11.1 Å². The fourth-order valence-electron chi connectivity index (χ4n) is 2.46. The van der Waals surface area contributed by atoms with E-state index in [1.807, 2.05) is 12.1 Å². The van der Waals surface area contributed by atoms with Gasteiger partial charge in [-0.1, -0.05) is 55.8 Å². The standard InChI is InChI=1S/C19H23ClO/c1-5-14(3)15-7-9-16(10-8-15)19(20)17-12-13(2)6-11-18(17)21-4/h6-12,14,19H,5H2,1-4H3. The topological polar surface area (TPSA) is 9.23 Å². The molecule has 2 rings (SSSR count). The molecular formula is C19H23ClO. The lowest BCUT2D eigenvalue weighted by molar-refractivity contribution is 0.410. The van der Waals surface area contributed by atoms with E-state index in [4.69, 9.17) is 16.3 Å². The number of aryl methyl sites for hydroxylation is 1. The number of hydrogen-bond donors (Lipinski definition) is 0. The zero-order valence-corrected chi connectivity index (χ0v) is 13.9. The molecule has 0 radical (unpaired) electrons. The molecule has 0 aliphatic carbocycles. The average molecular weight is 303 g/mol. The molecule has 2 unspecified atom stereocenters. The Kier molecular flexibility index (Phi) is 5.30. The molecule has 0 aliphatic heterocycles.